The van der Waals surface area contributed by atoms with E-state index in [1.807, 2.05) is 0 Å². The highest BCUT2D eigenvalue weighted by Gasteiger charge is 2.28. The topological polar surface area (TPSA) is 78.3 Å². The van der Waals surface area contributed by atoms with E-state index in [-0.39, 0.29) is 12.1 Å². The summed E-state index contributed by atoms with van der Waals surface area (Å²) in [6.07, 6.45) is 3.55. The Kier molecular flexibility index (Phi) is 3.49. The molecule has 1 atom stereocenters. The summed E-state index contributed by atoms with van der Waals surface area (Å²) in [7, 11) is 0. The number of hydrogen-bond donors (Lipinski definition) is 2. The van der Waals surface area contributed by atoms with Crippen molar-refractivity contribution in [1.82, 2.24) is 0 Å². The Labute approximate surface area is 72.2 Å². The summed E-state index contributed by atoms with van der Waals surface area (Å²) >= 11 is 0. The summed E-state index contributed by atoms with van der Waals surface area (Å²) in [4.78, 5) is 11.1. The first kappa shape index (κ1) is 9.48. The SMILES string of the molecule is NCCC[C@H](N)C(=O)OC1CC1. The van der Waals surface area contributed by atoms with Crippen LogP contribution in [0.1, 0.15) is 25.7 Å². The van der Waals surface area contributed by atoms with Crippen LogP contribution in [-0.4, -0.2) is 24.7 Å². The summed E-state index contributed by atoms with van der Waals surface area (Å²) in [5.74, 6) is -0.272. The van der Waals surface area contributed by atoms with Crippen LogP contribution in [-0.2, 0) is 9.53 Å². The molecule has 0 aliphatic heterocycles. The van der Waals surface area contributed by atoms with Gasteiger partial charge in [0.2, 0.25) is 0 Å². The van der Waals surface area contributed by atoms with Crippen molar-refractivity contribution in [2.24, 2.45) is 11.5 Å². The summed E-state index contributed by atoms with van der Waals surface area (Å²) in [6.45, 7) is 0.574. The maximum absolute atomic E-state index is 11.1. The Balaban J connectivity index is 2.11. The normalized spacial score (nSPS) is 18.8. The first-order chi connectivity index (χ1) is 5.74. The molecule has 70 valence electrons. The second-order valence-corrected chi connectivity index (χ2v) is 3.17. The minimum Gasteiger partial charge on any atom is -0.461 e. The van der Waals surface area contributed by atoms with E-state index in [1.54, 1.807) is 0 Å². The van der Waals surface area contributed by atoms with Crippen LogP contribution in [0, 0.1) is 0 Å². The molecule has 0 amide bonds. The highest BCUT2D eigenvalue weighted by Crippen LogP contribution is 2.23. The molecular formula is C8H16N2O2. The lowest BCUT2D eigenvalue weighted by molar-refractivity contribution is -0.146. The van der Waals surface area contributed by atoms with Crippen molar-refractivity contribution in [2.75, 3.05) is 6.54 Å². The molecule has 0 bridgehead atoms. The van der Waals surface area contributed by atoms with Gasteiger partial charge in [-0.25, -0.2) is 0 Å². The van der Waals surface area contributed by atoms with E-state index in [0.29, 0.717) is 13.0 Å². The standard InChI is InChI=1S/C8H16N2O2/c9-5-1-2-7(10)8(11)12-6-3-4-6/h6-7H,1-5,9-10H2/t7-/m0/s1. The van der Waals surface area contributed by atoms with Gasteiger partial charge in [-0.05, 0) is 32.2 Å². The van der Waals surface area contributed by atoms with Crippen molar-refractivity contribution in [3.63, 3.8) is 0 Å². The van der Waals surface area contributed by atoms with Crippen LogP contribution >= 0.6 is 0 Å². The minimum absolute atomic E-state index is 0.154. The van der Waals surface area contributed by atoms with Crippen LogP contribution in [0.25, 0.3) is 0 Å². The second-order valence-electron chi connectivity index (χ2n) is 3.17. The number of rotatable bonds is 5. The van der Waals surface area contributed by atoms with Crippen molar-refractivity contribution >= 4 is 5.97 Å². The summed E-state index contributed by atoms with van der Waals surface area (Å²) in [6, 6.07) is -0.478. The van der Waals surface area contributed by atoms with Gasteiger partial charge in [-0.1, -0.05) is 0 Å². The fraction of sp³-hybridized carbons (Fsp3) is 0.875. The Hall–Kier alpha value is -0.610. The molecule has 4 N–H and O–H groups in total. The average molecular weight is 172 g/mol. The molecular weight excluding hydrogens is 156 g/mol. The highest BCUT2D eigenvalue weighted by atomic mass is 16.5. The monoisotopic (exact) mass is 172 g/mol. The van der Waals surface area contributed by atoms with Crippen molar-refractivity contribution in [2.45, 2.75) is 37.8 Å². The molecule has 1 fully saturated rings. The molecule has 1 aliphatic rings. The number of hydrogen-bond acceptors (Lipinski definition) is 4. The third-order valence-electron chi connectivity index (χ3n) is 1.83. The third kappa shape index (κ3) is 3.19. The molecule has 1 saturated carbocycles. The predicted octanol–water partition coefficient (Wildman–Crippen LogP) is -0.242. The fourth-order valence-electron chi connectivity index (χ4n) is 0.893. The largest absolute Gasteiger partial charge is 0.461 e. The van der Waals surface area contributed by atoms with E-state index >= 15 is 0 Å². The van der Waals surface area contributed by atoms with Gasteiger partial charge in [0.1, 0.15) is 12.1 Å². The molecule has 0 spiro atoms. The van der Waals surface area contributed by atoms with Gasteiger partial charge in [-0.2, -0.15) is 0 Å². The average Bonchev–Trinajstić information content (AvgIpc) is 2.83. The number of carbonyl (C=O) groups is 1. The van der Waals surface area contributed by atoms with Crippen molar-refractivity contribution in [1.29, 1.82) is 0 Å². The molecule has 1 rings (SSSR count). The Bertz CT molecular complexity index is 157. The van der Waals surface area contributed by atoms with E-state index in [0.717, 1.165) is 19.3 Å². The molecule has 0 saturated heterocycles. The minimum atomic E-state index is -0.478. The summed E-state index contributed by atoms with van der Waals surface area (Å²) in [5.41, 5.74) is 10.8. The molecule has 0 aromatic heterocycles. The molecule has 12 heavy (non-hydrogen) atoms. The molecule has 0 aromatic carbocycles. The molecule has 4 heteroatoms. The van der Waals surface area contributed by atoms with Gasteiger partial charge < -0.3 is 16.2 Å². The Morgan fingerprint density at radius 2 is 2.25 bits per heavy atom. The maximum atomic E-state index is 11.1. The zero-order valence-corrected chi connectivity index (χ0v) is 7.16. The number of nitrogens with two attached hydrogens (primary N) is 2. The van der Waals surface area contributed by atoms with Crippen LogP contribution in [0.15, 0.2) is 0 Å². The van der Waals surface area contributed by atoms with Gasteiger partial charge >= 0.3 is 5.97 Å². The van der Waals surface area contributed by atoms with Crippen molar-refractivity contribution in [3.8, 4) is 0 Å². The zero-order chi connectivity index (χ0) is 8.97. The van der Waals surface area contributed by atoms with Gasteiger partial charge in [0.25, 0.3) is 0 Å². The Morgan fingerprint density at radius 1 is 1.58 bits per heavy atom. The van der Waals surface area contributed by atoms with Crippen LogP contribution in [0.5, 0.6) is 0 Å². The van der Waals surface area contributed by atoms with E-state index in [4.69, 9.17) is 16.2 Å². The molecule has 1 aliphatic carbocycles. The lowest BCUT2D eigenvalue weighted by atomic mass is 10.2. The second kappa shape index (κ2) is 4.42. The molecule has 0 radical (unpaired) electrons. The lowest BCUT2D eigenvalue weighted by Crippen LogP contribution is -2.33. The Morgan fingerprint density at radius 3 is 2.75 bits per heavy atom. The van der Waals surface area contributed by atoms with Crippen LogP contribution in [0.4, 0.5) is 0 Å². The molecule has 0 heterocycles. The molecule has 0 aromatic rings. The summed E-state index contributed by atoms with van der Waals surface area (Å²) < 4.78 is 5.02. The number of carbonyl (C=O) groups excluding carboxylic acids is 1. The molecule has 4 nitrogen and oxygen atoms in total. The van der Waals surface area contributed by atoms with E-state index < -0.39 is 6.04 Å². The van der Waals surface area contributed by atoms with Crippen LogP contribution < -0.4 is 11.5 Å². The first-order valence-corrected chi connectivity index (χ1v) is 4.40. The predicted molar refractivity (Wildman–Crippen MR) is 45.4 cm³/mol. The van der Waals surface area contributed by atoms with Gasteiger partial charge in [-0.15, -0.1) is 0 Å². The zero-order valence-electron chi connectivity index (χ0n) is 7.16. The fourth-order valence-corrected chi connectivity index (χ4v) is 0.893. The van der Waals surface area contributed by atoms with Crippen molar-refractivity contribution in [3.05, 3.63) is 0 Å². The van der Waals surface area contributed by atoms with Gasteiger partial charge in [-0.3, -0.25) is 4.79 Å². The van der Waals surface area contributed by atoms with E-state index in [1.165, 1.54) is 0 Å². The first-order valence-electron chi connectivity index (χ1n) is 4.40. The van der Waals surface area contributed by atoms with Gasteiger partial charge in [0.05, 0.1) is 0 Å². The highest BCUT2D eigenvalue weighted by molar-refractivity contribution is 5.75. The molecule has 0 unspecified atom stereocenters. The van der Waals surface area contributed by atoms with Crippen molar-refractivity contribution < 1.29 is 9.53 Å². The van der Waals surface area contributed by atoms with E-state index in [9.17, 15) is 4.79 Å². The third-order valence-corrected chi connectivity index (χ3v) is 1.83. The van der Waals surface area contributed by atoms with E-state index in [2.05, 4.69) is 0 Å². The van der Waals surface area contributed by atoms with Crippen LogP contribution in [0.3, 0.4) is 0 Å². The number of ether oxygens (including phenoxy) is 1. The lowest BCUT2D eigenvalue weighted by Gasteiger charge is -2.09. The maximum Gasteiger partial charge on any atom is 0.323 e. The number of esters is 1. The smallest absolute Gasteiger partial charge is 0.323 e. The quantitative estimate of drug-likeness (QED) is 0.561. The van der Waals surface area contributed by atoms with Crippen LogP contribution in [0.2, 0.25) is 0 Å². The van der Waals surface area contributed by atoms with Gasteiger partial charge in [0.15, 0.2) is 0 Å². The summed E-state index contributed by atoms with van der Waals surface area (Å²) in [5, 5.41) is 0. The van der Waals surface area contributed by atoms with Gasteiger partial charge in [0, 0.05) is 0 Å².